The molecule has 2 fully saturated rings. The molecule has 94 valence electrons. The van der Waals surface area contributed by atoms with Gasteiger partial charge < -0.3 is 5.11 Å². The Morgan fingerprint density at radius 2 is 2.00 bits per heavy atom. The molecule has 6 atom stereocenters. The van der Waals surface area contributed by atoms with Crippen molar-refractivity contribution >= 4 is 5.78 Å². The maximum Gasteiger partial charge on any atom is 0.143 e. The number of allylic oxidation sites excluding steroid dienone is 2. The molecular formula is C15H22O2. The Balaban J connectivity index is 2.12. The molecule has 0 spiro atoms. The fourth-order valence-electron chi connectivity index (χ4n) is 4.63. The standard InChI is InChI=1S/C15H22O2/c1-8-12(16)9-5-6-15(8,4)11-10(9)7-14(2,3)13(11)17/h5-6,8-11,13,17H,7H2,1-4H3/t8?,9?,10?,11?,13-,15?/m1/s1. The number of aliphatic hydroxyl groups is 1. The smallest absolute Gasteiger partial charge is 0.143 e. The Hall–Kier alpha value is -0.630. The first-order valence-electron chi connectivity index (χ1n) is 6.70. The molecule has 2 nitrogen and oxygen atoms in total. The van der Waals surface area contributed by atoms with Crippen molar-refractivity contribution in [2.45, 2.75) is 40.2 Å². The van der Waals surface area contributed by atoms with Crippen LogP contribution >= 0.6 is 0 Å². The van der Waals surface area contributed by atoms with Gasteiger partial charge in [0, 0.05) is 17.3 Å². The lowest BCUT2D eigenvalue weighted by Crippen LogP contribution is -2.55. The molecule has 0 radical (unpaired) electrons. The first-order valence-corrected chi connectivity index (χ1v) is 6.70. The van der Waals surface area contributed by atoms with Crippen LogP contribution in [0.2, 0.25) is 0 Å². The minimum atomic E-state index is -0.277. The van der Waals surface area contributed by atoms with Gasteiger partial charge in [0.25, 0.3) is 0 Å². The first-order chi connectivity index (χ1) is 7.79. The summed E-state index contributed by atoms with van der Waals surface area (Å²) in [7, 11) is 0. The Bertz CT molecular complexity index is 409. The number of rotatable bonds is 0. The number of hydrogen-bond acceptors (Lipinski definition) is 2. The van der Waals surface area contributed by atoms with E-state index >= 15 is 0 Å². The molecule has 0 amide bonds. The third-order valence-electron chi connectivity index (χ3n) is 5.89. The van der Waals surface area contributed by atoms with E-state index in [0.29, 0.717) is 11.7 Å². The highest BCUT2D eigenvalue weighted by molar-refractivity contribution is 5.88. The lowest BCUT2D eigenvalue weighted by Gasteiger charge is -2.52. The summed E-state index contributed by atoms with van der Waals surface area (Å²) < 4.78 is 0. The highest BCUT2D eigenvalue weighted by Crippen LogP contribution is 2.63. The molecule has 5 unspecified atom stereocenters. The normalized spacial score (nSPS) is 55.1. The summed E-state index contributed by atoms with van der Waals surface area (Å²) in [5.41, 5.74) is -0.186. The van der Waals surface area contributed by atoms with Crippen LogP contribution in [0.25, 0.3) is 0 Å². The maximum absolute atomic E-state index is 12.3. The molecule has 17 heavy (non-hydrogen) atoms. The van der Waals surface area contributed by atoms with Gasteiger partial charge >= 0.3 is 0 Å². The molecule has 0 saturated heterocycles. The summed E-state index contributed by atoms with van der Waals surface area (Å²) in [5.74, 6) is 1.13. The summed E-state index contributed by atoms with van der Waals surface area (Å²) in [6.07, 6.45) is 5.01. The summed E-state index contributed by atoms with van der Waals surface area (Å²) in [4.78, 5) is 12.3. The molecule has 0 aromatic rings. The van der Waals surface area contributed by atoms with Crippen molar-refractivity contribution in [3.05, 3.63) is 12.2 Å². The second-order valence-corrected chi connectivity index (χ2v) is 7.20. The van der Waals surface area contributed by atoms with Crippen LogP contribution in [0.3, 0.4) is 0 Å². The van der Waals surface area contributed by atoms with Gasteiger partial charge in [0.2, 0.25) is 0 Å². The Labute approximate surface area is 103 Å². The quantitative estimate of drug-likeness (QED) is 0.654. The lowest BCUT2D eigenvalue weighted by atomic mass is 9.51. The van der Waals surface area contributed by atoms with E-state index in [2.05, 4.69) is 32.9 Å². The highest BCUT2D eigenvalue weighted by Gasteiger charge is 2.64. The van der Waals surface area contributed by atoms with Crippen molar-refractivity contribution in [3.63, 3.8) is 0 Å². The van der Waals surface area contributed by atoms with Gasteiger partial charge in [0.1, 0.15) is 5.78 Å². The van der Waals surface area contributed by atoms with E-state index < -0.39 is 0 Å². The molecule has 4 aliphatic rings. The second kappa shape index (κ2) is 3.03. The van der Waals surface area contributed by atoms with E-state index in [4.69, 9.17) is 0 Å². The molecule has 2 bridgehead atoms. The van der Waals surface area contributed by atoms with E-state index in [1.165, 1.54) is 0 Å². The van der Waals surface area contributed by atoms with E-state index in [1.807, 2.05) is 6.92 Å². The van der Waals surface area contributed by atoms with Crippen LogP contribution in [0.4, 0.5) is 0 Å². The van der Waals surface area contributed by atoms with Crippen LogP contribution in [0.1, 0.15) is 34.1 Å². The molecule has 0 heterocycles. The highest BCUT2D eigenvalue weighted by atomic mass is 16.3. The summed E-state index contributed by atoms with van der Waals surface area (Å²) in [6.45, 7) is 8.46. The molecular weight excluding hydrogens is 212 g/mol. The summed E-state index contributed by atoms with van der Waals surface area (Å²) in [6, 6.07) is 0. The zero-order valence-corrected chi connectivity index (χ0v) is 11.1. The molecule has 1 N–H and O–H groups in total. The van der Waals surface area contributed by atoms with Crippen LogP contribution in [-0.2, 0) is 4.79 Å². The lowest BCUT2D eigenvalue weighted by molar-refractivity contribution is -0.142. The van der Waals surface area contributed by atoms with Gasteiger partial charge in [-0.05, 0) is 23.7 Å². The zero-order chi connectivity index (χ0) is 12.6. The number of hydrogen-bond donors (Lipinski definition) is 1. The molecule has 4 rings (SSSR count). The monoisotopic (exact) mass is 234 g/mol. The van der Waals surface area contributed by atoms with Crippen molar-refractivity contribution in [3.8, 4) is 0 Å². The molecule has 2 saturated carbocycles. The zero-order valence-electron chi connectivity index (χ0n) is 11.1. The van der Waals surface area contributed by atoms with Crippen molar-refractivity contribution in [1.29, 1.82) is 0 Å². The van der Waals surface area contributed by atoms with Crippen molar-refractivity contribution in [2.24, 2.45) is 34.5 Å². The van der Waals surface area contributed by atoms with Gasteiger partial charge in [-0.1, -0.05) is 39.8 Å². The summed E-state index contributed by atoms with van der Waals surface area (Å²) >= 11 is 0. The fourth-order valence-corrected chi connectivity index (χ4v) is 4.63. The predicted octanol–water partition coefficient (Wildman–Crippen LogP) is 2.42. The van der Waals surface area contributed by atoms with Gasteiger partial charge in [0.15, 0.2) is 0 Å². The largest absolute Gasteiger partial charge is 0.392 e. The number of carbonyl (C=O) groups is 1. The summed E-state index contributed by atoms with van der Waals surface area (Å²) in [5, 5.41) is 10.6. The van der Waals surface area contributed by atoms with Crippen molar-refractivity contribution < 1.29 is 9.90 Å². The average Bonchev–Trinajstić information content (AvgIpc) is 2.48. The van der Waals surface area contributed by atoms with Crippen molar-refractivity contribution in [1.82, 2.24) is 0 Å². The number of carbonyl (C=O) groups excluding carboxylic acids is 1. The van der Waals surface area contributed by atoms with Gasteiger partial charge in [0.05, 0.1) is 6.10 Å². The number of aliphatic hydroxyl groups excluding tert-OH is 1. The second-order valence-electron chi connectivity index (χ2n) is 7.20. The third-order valence-corrected chi connectivity index (χ3v) is 5.89. The first kappa shape index (κ1) is 11.5. The topological polar surface area (TPSA) is 37.3 Å². The number of Topliss-reactive ketones (excluding diaryl/α,β-unsaturated/α-hetero) is 1. The Morgan fingerprint density at radius 1 is 1.35 bits per heavy atom. The van der Waals surface area contributed by atoms with Gasteiger partial charge in [-0.2, -0.15) is 0 Å². The number of ketones is 1. The third kappa shape index (κ3) is 1.17. The van der Waals surface area contributed by atoms with Crippen LogP contribution in [-0.4, -0.2) is 17.0 Å². The van der Waals surface area contributed by atoms with E-state index in [1.54, 1.807) is 0 Å². The van der Waals surface area contributed by atoms with E-state index in [9.17, 15) is 9.90 Å². The van der Waals surface area contributed by atoms with Crippen LogP contribution in [0.5, 0.6) is 0 Å². The van der Waals surface area contributed by atoms with E-state index in [0.717, 1.165) is 6.42 Å². The molecule has 0 aromatic carbocycles. The molecule has 4 aliphatic carbocycles. The van der Waals surface area contributed by atoms with Crippen LogP contribution in [0.15, 0.2) is 12.2 Å². The Morgan fingerprint density at radius 3 is 2.65 bits per heavy atom. The SMILES string of the molecule is CC1C(=O)C2C=CC1(C)C1C2CC(C)(C)[C@@H]1O. The van der Waals surface area contributed by atoms with Gasteiger partial charge in [-0.25, -0.2) is 0 Å². The average molecular weight is 234 g/mol. The van der Waals surface area contributed by atoms with Crippen molar-refractivity contribution in [2.75, 3.05) is 0 Å². The Kier molecular flexibility index (Phi) is 2.04. The number of fused-ring (bicyclic) bond motifs is 1. The van der Waals surface area contributed by atoms with E-state index in [-0.39, 0.29) is 34.7 Å². The van der Waals surface area contributed by atoms with Gasteiger partial charge in [-0.3, -0.25) is 4.79 Å². The minimum absolute atomic E-state index is 0.0504. The molecule has 0 aliphatic heterocycles. The predicted molar refractivity (Wildman–Crippen MR) is 66.3 cm³/mol. The van der Waals surface area contributed by atoms with Gasteiger partial charge in [-0.15, -0.1) is 0 Å². The molecule has 2 heteroatoms. The maximum atomic E-state index is 12.3. The van der Waals surface area contributed by atoms with Crippen LogP contribution < -0.4 is 0 Å². The molecule has 0 aromatic heterocycles. The fraction of sp³-hybridized carbons (Fsp3) is 0.800. The van der Waals surface area contributed by atoms with Crippen LogP contribution in [0, 0.1) is 34.5 Å². The minimum Gasteiger partial charge on any atom is -0.392 e.